The van der Waals surface area contributed by atoms with Gasteiger partial charge in [0.1, 0.15) is 12.1 Å². The summed E-state index contributed by atoms with van der Waals surface area (Å²) < 4.78 is 0. The van der Waals surface area contributed by atoms with Gasteiger partial charge in [-0.25, -0.2) is 4.79 Å². The Labute approximate surface area is 176 Å². The smallest absolute Gasteiger partial charge is 0.325 e. The summed E-state index contributed by atoms with van der Waals surface area (Å²) in [6.07, 6.45) is 3.49. The summed E-state index contributed by atoms with van der Waals surface area (Å²) in [5.74, 6) is -0.577. The molecule has 2 aliphatic rings. The van der Waals surface area contributed by atoms with E-state index in [4.69, 9.17) is 11.6 Å². The highest BCUT2D eigenvalue weighted by molar-refractivity contribution is 6.31. The number of carbonyl (C=O) groups is 3. The molecule has 1 saturated carbocycles. The fourth-order valence-corrected chi connectivity index (χ4v) is 4.63. The average Bonchev–Trinajstić information content (AvgIpc) is 2.90. The van der Waals surface area contributed by atoms with Crippen LogP contribution < -0.4 is 10.6 Å². The van der Waals surface area contributed by atoms with Crippen LogP contribution in [0.15, 0.2) is 24.3 Å². The summed E-state index contributed by atoms with van der Waals surface area (Å²) in [5, 5.41) is 6.35. The molecule has 1 aliphatic carbocycles. The molecule has 1 aromatic carbocycles. The number of nitrogens with zero attached hydrogens (tertiary/aromatic N) is 2. The molecule has 29 heavy (non-hydrogen) atoms. The maximum absolute atomic E-state index is 13.0. The van der Waals surface area contributed by atoms with Crippen molar-refractivity contribution in [1.82, 2.24) is 20.4 Å². The first-order valence-electron chi connectivity index (χ1n) is 10.1. The monoisotopic (exact) mass is 420 g/mol. The Bertz CT molecular complexity index is 800. The van der Waals surface area contributed by atoms with Crippen LogP contribution in [0.1, 0.15) is 44.2 Å². The molecule has 158 valence electrons. The molecule has 1 saturated heterocycles. The first-order chi connectivity index (χ1) is 13.8. The van der Waals surface area contributed by atoms with Crippen molar-refractivity contribution in [2.75, 3.05) is 27.2 Å². The lowest BCUT2D eigenvalue weighted by molar-refractivity contribution is -0.137. The van der Waals surface area contributed by atoms with Crippen LogP contribution in [0, 0.1) is 5.92 Å². The van der Waals surface area contributed by atoms with E-state index in [0.717, 1.165) is 29.7 Å². The van der Waals surface area contributed by atoms with Gasteiger partial charge in [-0.05, 0) is 44.5 Å². The Morgan fingerprint density at radius 2 is 2.07 bits per heavy atom. The molecule has 2 N–H and O–H groups in total. The summed E-state index contributed by atoms with van der Waals surface area (Å²) in [6.45, 7) is 2.04. The lowest BCUT2D eigenvalue weighted by atomic mass is 9.73. The zero-order valence-corrected chi connectivity index (χ0v) is 18.0. The Hall–Kier alpha value is -2.12. The van der Waals surface area contributed by atoms with Crippen molar-refractivity contribution in [2.45, 2.75) is 44.2 Å². The van der Waals surface area contributed by atoms with Crippen LogP contribution in [0.4, 0.5) is 4.79 Å². The van der Waals surface area contributed by atoms with Gasteiger partial charge in [0.2, 0.25) is 5.91 Å². The van der Waals surface area contributed by atoms with E-state index >= 15 is 0 Å². The predicted octanol–water partition coefficient (Wildman–Crippen LogP) is 2.56. The zero-order chi connectivity index (χ0) is 21.2. The van der Waals surface area contributed by atoms with Crippen molar-refractivity contribution in [3.05, 3.63) is 34.9 Å². The number of nitrogens with one attached hydrogen (secondary N) is 2. The maximum atomic E-state index is 13.0. The normalized spacial score (nSPS) is 25.4. The van der Waals surface area contributed by atoms with Crippen molar-refractivity contribution in [1.29, 1.82) is 0 Å². The van der Waals surface area contributed by atoms with E-state index in [2.05, 4.69) is 10.6 Å². The number of hydrogen-bond donors (Lipinski definition) is 2. The van der Waals surface area contributed by atoms with Gasteiger partial charge in [-0.3, -0.25) is 14.5 Å². The Morgan fingerprint density at radius 3 is 2.72 bits per heavy atom. The highest BCUT2D eigenvalue weighted by Crippen LogP contribution is 2.38. The van der Waals surface area contributed by atoms with Gasteiger partial charge in [-0.15, -0.1) is 0 Å². The summed E-state index contributed by atoms with van der Waals surface area (Å²) in [5.41, 5.74) is 0.0590. The Kier molecular flexibility index (Phi) is 6.49. The van der Waals surface area contributed by atoms with Gasteiger partial charge in [0.05, 0.1) is 6.04 Å². The highest BCUT2D eigenvalue weighted by atomic mass is 35.5. The quantitative estimate of drug-likeness (QED) is 0.693. The van der Waals surface area contributed by atoms with Crippen molar-refractivity contribution in [3.63, 3.8) is 0 Å². The third-order valence-corrected chi connectivity index (χ3v) is 6.53. The van der Waals surface area contributed by atoms with Crippen LogP contribution in [0.5, 0.6) is 0 Å². The summed E-state index contributed by atoms with van der Waals surface area (Å²) in [4.78, 5) is 41.0. The molecule has 2 fully saturated rings. The van der Waals surface area contributed by atoms with Gasteiger partial charge in [-0.2, -0.15) is 0 Å². The molecule has 0 radical (unpaired) electrons. The van der Waals surface area contributed by atoms with Gasteiger partial charge in [0, 0.05) is 11.6 Å². The molecular formula is C21H29ClN4O3. The van der Waals surface area contributed by atoms with Crippen LogP contribution in [0.25, 0.3) is 0 Å². The Balaban J connectivity index is 1.64. The number of amides is 4. The van der Waals surface area contributed by atoms with E-state index in [-0.39, 0.29) is 30.3 Å². The molecule has 0 aromatic heterocycles. The van der Waals surface area contributed by atoms with Gasteiger partial charge in [-0.1, -0.05) is 49.6 Å². The second-order valence-corrected chi connectivity index (χ2v) is 8.65. The SMILES string of the molecule is CC1CCCCC12NC(=O)N(CC(=O)NCC(c1ccccc1Cl)N(C)C)C2=O. The van der Waals surface area contributed by atoms with E-state index < -0.39 is 11.6 Å². The minimum Gasteiger partial charge on any atom is -0.353 e. The van der Waals surface area contributed by atoms with Crippen LogP contribution in [-0.4, -0.2) is 60.4 Å². The first-order valence-corrected chi connectivity index (χ1v) is 10.5. The van der Waals surface area contributed by atoms with Crippen LogP contribution >= 0.6 is 11.6 Å². The molecule has 1 aromatic rings. The molecule has 1 spiro atoms. The molecule has 4 amide bonds. The largest absolute Gasteiger partial charge is 0.353 e. The zero-order valence-electron chi connectivity index (χ0n) is 17.2. The van der Waals surface area contributed by atoms with Crippen LogP contribution in [0.3, 0.4) is 0 Å². The van der Waals surface area contributed by atoms with E-state index in [1.807, 2.05) is 50.2 Å². The van der Waals surface area contributed by atoms with Crippen molar-refractivity contribution < 1.29 is 14.4 Å². The fraction of sp³-hybridized carbons (Fsp3) is 0.571. The molecule has 0 bridgehead atoms. The molecule has 3 unspecified atom stereocenters. The average molecular weight is 421 g/mol. The first kappa shape index (κ1) is 21.6. The third-order valence-electron chi connectivity index (χ3n) is 6.18. The minimum absolute atomic E-state index is 0.0686. The van der Waals surface area contributed by atoms with E-state index in [9.17, 15) is 14.4 Å². The molecular weight excluding hydrogens is 392 g/mol. The minimum atomic E-state index is -0.848. The van der Waals surface area contributed by atoms with Gasteiger partial charge >= 0.3 is 6.03 Å². The second kappa shape index (κ2) is 8.71. The van der Waals surface area contributed by atoms with Crippen molar-refractivity contribution in [3.8, 4) is 0 Å². The molecule has 1 heterocycles. The van der Waals surface area contributed by atoms with E-state index in [0.29, 0.717) is 18.0 Å². The summed E-state index contributed by atoms with van der Waals surface area (Å²) in [7, 11) is 3.82. The fourth-order valence-electron chi connectivity index (χ4n) is 4.37. The number of halogens is 1. The number of hydrogen-bond acceptors (Lipinski definition) is 4. The van der Waals surface area contributed by atoms with E-state index in [1.54, 1.807) is 0 Å². The number of carbonyl (C=O) groups excluding carboxylic acids is 3. The standard InChI is InChI=1S/C21H29ClN4O3/c1-14-8-6-7-11-21(14)19(28)26(20(29)24-21)13-18(27)23-12-17(25(2)3)15-9-4-5-10-16(15)22/h4-5,9-10,14,17H,6-8,11-13H2,1-3H3,(H,23,27)(H,24,29). The lowest BCUT2D eigenvalue weighted by Gasteiger charge is -2.36. The predicted molar refractivity (Wildman–Crippen MR) is 111 cm³/mol. The van der Waals surface area contributed by atoms with Gasteiger partial charge in [0.25, 0.3) is 5.91 Å². The van der Waals surface area contributed by atoms with E-state index in [1.165, 1.54) is 0 Å². The molecule has 3 rings (SSSR count). The highest BCUT2D eigenvalue weighted by Gasteiger charge is 2.55. The third kappa shape index (κ3) is 4.26. The van der Waals surface area contributed by atoms with Crippen LogP contribution in [0.2, 0.25) is 5.02 Å². The maximum Gasteiger partial charge on any atom is 0.325 e. The number of rotatable bonds is 6. The Morgan fingerprint density at radius 1 is 1.34 bits per heavy atom. The number of urea groups is 1. The number of likely N-dealkylation sites (N-methyl/N-ethyl adjacent to an activating group) is 1. The number of benzene rings is 1. The van der Waals surface area contributed by atoms with Crippen molar-refractivity contribution >= 4 is 29.4 Å². The second-order valence-electron chi connectivity index (χ2n) is 8.24. The van der Waals surface area contributed by atoms with Crippen molar-refractivity contribution in [2.24, 2.45) is 5.92 Å². The molecule has 1 aliphatic heterocycles. The van der Waals surface area contributed by atoms with Gasteiger partial charge in [0.15, 0.2) is 0 Å². The van der Waals surface area contributed by atoms with Gasteiger partial charge < -0.3 is 15.5 Å². The molecule has 3 atom stereocenters. The molecule has 7 nitrogen and oxygen atoms in total. The lowest BCUT2D eigenvalue weighted by Crippen LogP contribution is -2.54. The topological polar surface area (TPSA) is 81.8 Å². The summed E-state index contributed by atoms with van der Waals surface area (Å²) >= 11 is 6.31. The number of imide groups is 1. The van der Waals surface area contributed by atoms with Crippen LogP contribution in [-0.2, 0) is 9.59 Å². The summed E-state index contributed by atoms with van der Waals surface area (Å²) in [6, 6.07) is 6.89. The molecule has 8 heteroatoms.